The van der Waals surface area contributed by atoms with E-state index in [-0.39, 0.29) is 6.10 Å². The maximum atomic E-state index is 10.2. The topological polar surface area (TPSA) is 20.2 Å². The first-order valence-corrected chi connectivity index (χ1v) is 6.53. The fourth-order valence-electron chi connectivity index (χ4n) is 2.78. The molecule has 3 rings (SSSR count). The van der Waals surface area contributed by atoms with E-state index in [0.29, 0.717) is 0 Å². The molecule has 0 bridgehead atoms. The Labute approximate surface area is 106 Å². The smallest absolute Gasteiger partial charge is 0.0793 e. The van der Waals surface area contributed by atoms with Gasteiger partial charge in [-0.1, -0.05) is 42.3 Å². The standard InChI is InChI=1S/C15H15ClO/c16-14-9-13-11(6-3-4-8-15(13)17)10-5-1-2-7-12(10)14/h1-2,5,7,9,15,17H,3-4,6,8H2/t15-/m0/s1. The normalized spacial score (nSPS) is 20.0. The van der Waals surface area contributed by atoms with Gasteiger partial charge in [0.25, 0.3) is 0 Å². The monoisotopic (exact) mass is 246 g/mol. The molecule has 2 aromatic rings. The number of aliphatic hydroxyl groups excluding tert-OH is 1. The third-order valence-corrected chi connectivity index (χ3v) is 3.97. The van der Waals surface area contributed by atoms with Gasteiger partial charge in [-0.15, -0.1) is 0 Å². The van der Waals surface area contributed by atoms with E-state index in [9.17, 15) is 5.11 Å². The molecule has 0 heterocycles. The molecule has 17 heavy (non-hydrogen) atoms. The number of hydrogen-bond acceptors (Lipinski definition) is 1. The Kier molecular flexibility index (Phi) is 2.81. The fourth-order valence-corrected chi connectivity index (χ4v) is 3.07. The van der Waals surface area contributed by atoms with Crippen molar-refractivity contribution in [1.29, 1.82) is 0 Å². The van der Waals surface area contributed by atoms with Crippen LogP contribution in [0.15, 0.2) is 30.3 Å². The quantitative estimate of drug-likeness (QED) is 0.689. The molecule has 0 aliphatic heterocycles. The summed E-state index contributed by atoms with van der Waals surface area (Å²) < 4.78 is 0. The second-order valence-corrected chi connectivity index (χ2v) is 5.14. The van der Waals surface area contributed by atoms with E-state index in [0.717, 1.165) is 41.7 Å². The molecule has 0 fully saturated rings. The van der Waals surface area contributed by atoms with E-state index < -0.39 is 0 Å². The summed E-state index contributed by atoms with van der Waals surface area (Å²) in [5.74, 6) is 0. The van der Waals surface area contributed by atoms with Gasteiger partial charge in [0.05, 0.1) is 6.10 Å². The number of halogens is 1. The van der Waals surface area contributed by atoms with Crippen molar-refractivity contribution in [3.05, 3.63) is 46.5 Å². The number of fused-ring (bicyclic) bond motifs is 3. The lowest BCUT2D eigenvalue weighted by atomic mass is 9.94. The zero-order valence-electron chi connectivity index (χ0n) is 9.62. The maximum Gasteiger partial charge on any atom is 0.0793 e. The highest BCUT2D eigenvalue weighted by molar-refractivity contribution is 6.35. The highest BCUT2D eigenvalue weighted by atomic mass is 35.5. The summed E-state index contributed by atoms with van der Waals surface area (Å²) in [6, 6.07) is 10.2. The summed E-state index contributed by atoms with van der Waals surface area (Å²) in [5.41, 5.74) is 2.32. The molecule has 0 saturated carbocycles. The number of benzene rings is 2. The van der Waals surface area contributed by atoms with Crippen LogP contribution in [-0.2, 0) is 6.42 Å². The molecule has 1 atom stereocenters. The van der Waals surface area contributed by atoms with Gasteiger partial charge in [-0.05, 0) is 41.8 Å². The van der Waals surface area contributed by atoms with Crippen LogP contribution in [0.1, 0.15) is 36.5 Å². The van der Waals surface area contributed by atoms with Crippen molar-refractivity contribution in [1.82, 2.24) is 0 Å². The average Bonchev–Trinajstić information content (AvgIpc) is 2.53. The van der Waals surface area contributed by atoms with E-state index in [1.54, 1.807) is 0 Å². The Morgan fingerprint density at radius 1 is 1.12 bits per heavy atom. The Balaban J connectivity index is 2.34. The minimum atomic E-state index is -0.352. The van der Waals surface area contributed by atoms with Gasteiger partial charge in [0.1, 0.15) is 0 Å². The van der Waals surface area contributed by atoms with E-state index in [2.05, 4.69) is 12.1 Å². The first-order valence-electron chi connectivity index (χ1n) is 6.15. The van der Waals surface area contributed by atoms with Gasteiger partial charge in [-0.2, -0.15) is 0 Å². The first-order chi connectivity index (χ1) is 8.27. The Morgan fingerprint density at radius 3 is 2.71 bits per heavy atom. The Bertz CT molecular complexity index is 562. The third kappa shape index (κ3) is 1.84. The van der Waals surface area contributed by atoms with Crippen LogP contribution < -0.4 is 0 Å². The zero-order chi connectivity index (χ0) is 11.8. The van der Waals surface area contributed by atoms with Gasteiger partial charge in [0.2, 0.25) is 0 Å². The number of rotatable bonds is 0. The van der Waals surface area contributed by atoms with Crippen LogP contribution in [-0.4, -0.2) is 5.11 Å². The molecule has 0 radical (unpaired) electrons. The summed E-state index contributed by atoms with van der Waals surface area (Å²) in [7, 11) is 0. The van der Waals surface area contributed by atoms with Crippen LogP contribution in [0, 0.1) is 0 Å². The molecule has 1 N–H and O–H groups in total. The van der Waals surface area contributed by atoms with Gasteiger partial charge in [0, 0.05) is 10.4 Å². The molecule has 1 nitrogen and oxygen atoms in total. The van der Waals surface area contributed by atoms with Gasteiger partial charge in [-0.25, -0.2) is 0 Å². The lowest BCUT2D eigenvalue weighted by molar-refractivity contribution is 0.167. The summed E-state index contributed by atoms with van der Waals surface area (Å²) in [4.78, 5) is 0. The van der Waals surface area contributed by atoms with Crippen LogP contribution in [0.4, 0.5) is 0 Å². The van der Waals surface area contributed by atoms with E-state index in [1.165, 1.54) is 10.9 Å². The van der Waals surface area contributed by atoms with Crippen molar-refractivity contribution >= 4 is 22.4 Å². The molecule has 1 aliphatic carbocycles. The van der Waals surface area contributed by atoms with Gasteiger partial charge in [0.15, 0.2) is 0 Å². The average molecular weight is 247 g/mol. The van der Waals surface area contributed by atoms with E-state index in [1.807, 2.05) is 18.2 Å². The van der Waals surface area contributed by atoms with E-state index in [4.69, 9.17) is 11.6 Å². The van der Waals surface area contributed by atoms with Crippen LogP contribution in [0.2, 0.25) is 5.02 Å². The first kappa shape index (κ1) is 11.1. The molecule has 2 heteroatoms. The molecular weight excluding hydrogens is 232 g/mol. The molecule has 2 aromatic carbocycles. The van der Waals surface area contributed by atoms with Gasteiger partial charge in [-0.3, -0.25) is 0 Å². The van der Waals surface area contributed by atoms with Crippen LogP contribution in [0.5, 0.6) is 0 Å². The largest absolute Gasteiger partial charge is 0.388 e. The van der Waals surface area contributed by atoms with Crippen LogP contribution in [0.3, 0.4) is 0 Å². The van der Waals surface area contributed by atoms with Crippen molar-refractivity contribution in [2.45, 2.75) is 31.8 Å². The van der Waals surface area contributed by atoms with Gasteiger partial charge < -0.3 is 5.11 Å². The molecule has 88 valence electrons. The predicted molar refractivity (Wildman–Crippen MR) is 71.5 cm³/mol. The minimum absolute atomic E-state index is 0.352. The Morgan fingerprint density at radius 2 is 1.88 bits per heavy atom. The van der Waals surface area contributed by atoms with Crippen molar-refractivity contribution < 1.29 is 5.11 Å². The SMILES string of the molecule is O[C@H]1CCCCc2c1cc(Cl)c1ccccc21. The summed E-state index contributed by atoms with van der Waals surface area (Å²) in [5, 5.41) is 13.2. The zero-order valence-corrected chi connectivity index (χ0v) is 10.4. The van der Waals surface area contributed by atoms with Crippen molar-refractivity contribution in [2.24, 2.45) is 0 Å². The molecule has 0 amide bonds. The minimum Gasteiger partial charge on any atom is -0.388 e. The van der Waals surface area contributed by atoms with Crippen molar-refractivity contribution in [3.63, 3.8) is 0 Å². The molecular formula is C15H15ClO. The molecule has 0 saturated heterocycles. The van der Waals surface area contributed by atoms with Gasteiger partial charge >= 0.3 is 0 Å². The fraction of sp³-hybridized carbons (Fsp3) is 0.333. The number of aliphatic hydroxyl groups is 1. The van der Waals surface area contributed by atoms with Crippen LogP contribution >= 0.6 is 11.6 Å². The second kappa shape index (κ2) is 4.32. The van der Waals surface area contributed by atoms with Crippen molar-refractivity contribution in [3.8, 4) is 0 Å². The molecule has 0 spiro atoms. The maximum absolute atomic E-state index is 10.2. The van der Waals surface area contributed by atoms with Crippen LogP contribution in [0.25, 0.3) is 10.8 Å². The van der Waals surface area contributed by atoms with Crippen molar-refractivity contribution in [2.75, 3.05) is 0 Å². The lowest BCUT2D eigenvalue weighted by Crippen LogP contribution is -1.99. The third-order valence-electron chi connectivity index (χ3n) is 3.65. The molecule has 0 aromatic heterocycles. The number of hydrogen-bond donors (Lipinski definition) is 1. The highest BCUT2D eigenvalue weighted by Gasteiger charge is 2.19. The number of aryl methyl sites for hydroxylation is 1. The molecule has 0 unspecified atom stereocenters. The highest BCUT2D eigenvalue weighted by Crippen LogP contribution is 2.37. The summed E-state index contributed by atoms with van der Waals surface area (Å²) in [6.07, 6.45) is 3.78. The Hall–Kier alpha value is -1.05. The second-order valence-electron chi connectivity index (χ2n) is 4.73. The predicted octanol–water partition coefficient (Wildman–Crippen LogP) is 4.25. The molecule has 1 aliphatic rings. The summed E-state index contributed by atoms with van der Waals surface area (Å²) >= 11 is 6.30. The van der Waals surface area contributed by atoms with E-state index >= 15 is 0 Å². The summed E-state index contributed by atoms with van der Waals surface area (Å²) in [6.45, 7) is 0. The lowest BCUT2D eigenvalue weighted by Gasteiger charge is -2.15.